The van der Waals surface area contributed by atoms with Crippen molar-refractivity contribution in [2.24, 2.45) is 0 Å². The molecular formula is C18H28N4O2. The number of nitrogens with one attached hydrogen (secondary N) is 1. The first kappa shape index (κ1) is 18.3. The van der Waals surface area contributed by atoms with Crippen LogP contribution in [0.4, 0.5) is 11.4 Å². The molecule has 2 rings (SSSR count). The summed E-state index contributed by atoms with van der Waals surface area (Å²) in [5.41, 5.74) is 3.71. The molecule has 1 aliphatic rings. The van der Waals surface area contributed by atoms with Gasteiger partial charge in [0.05, 0.1) is 0 Å². The predicted octanol–water partition coefficient (Wildman–Crippen LogP) is 1.47. The third kappa shape index (κ3) is 4.26. The Labute approximate surface area is 144 Å². The molecule has 0 atom stereocenters. The molecule has 0 spiro atoms. The van der Waals surface area contributed by atoms with Gasteiger partial charge >= 0.3 is 11.8 Å². The van der Waals surface area contributed by atoms with Crippen LogP contribution in [0.25, 0.3) is 0 Å². The molecular weight excluding hydrogens is 304 g/mol. The highest BCUT2D eigenvalue weighted by Crippen LogP contribution is 2.26. The summed E-state index contributed by atoms with van der Waals surface area (Å²) in [7, 11) is 5.99. The van der Waals surface area contributed by atoms with E-state index in [2.05, 4.69) is 10.2 Å². The van der Waals surface area contributed by atoms with E-state index in [-0.39, 0.29) is 0 Å². The molecule has 1 aliphatic heterocycles. The van der Waals surface area contributed by atoms with Crippen molar-refractivity contribution in [1.29, 1.82) is 0 Å². The van der Waals surface area contributed by atoms with Crippen LogP contribution in [0.2, 0.25) is 0 Å². The number of nitrogens with zero attached hydrogens (tertiary/aromatic N) is 3. The van der Waals surface area contributed by atoms with Gasteiger partial charge in [-0.3, -0.25) is 9.59 Å². The highest BCUT2D eigenvalue weighted by Gasteiger charge is 2.24. The first-order valence-corrected chi connectivity index (χ1v) is 8.37. The minimum Gasteiger partial charge on any atom is -0.378 e. The van der Waals surface area contributed by atoms with Crippen LogP contribution < -0.4 is 10.2 Å². The summed E-state index contributed by atoms with van der Waals surface area (Å²) >= 11 is 0. The molecule has 6 heteroatoms. The van der Waals surface area contributed by atoms with Crippen LogP contribution in [0, 0.1) is 13.8 Å². The SMILES string of the molecule is Cc1cc(N(C)C)cc(C)c1NC(=O)C(=O)N1CCCN(C)CC1. The Kier molecular flexibility index (Phi) is 5.83. The fraction of sp³-hybridized carbons (Fsp3) is 0.556. The first-order chi connectivity index (χ1) is 11.3. The second-order valence-corrected chi connectivity index (χ2v) is 6.75. The van der Waals surface area contributed by atoms with E-state index in [1.165, 1.54) is 0 Å². The van der Waals surface area contributed by atoms with Crippen molar-refractivity contribution in [3.63, 3.8) is 0 Å². The fourth-order valence-corrected chi connectivity index (χ4v) is 2.96. The van der Waals surface area contributed by atoms with Crippen molar-refractivity contribution in [2.45, 2.75) is 20.3 Å². The number of benzene rings is 1. The molecule has 0 aromatic heterocycles. The molecule has 24 heavy (non-hydrogen) atoms. The predicted molar refractivity (Wildman–Crippen MR) is 97.6 cm³/mol. The summed E-state index contributed by atoms with van der Waals surface area (Å²) < 4.78 is 0. The molecule has 0 bridgehead atoms. The molecule has 6 nitrogen and oxygen atoms in total. The largest absolute Gasteiger partial charge is 0.378 e. The lowest BCUT2D eigenvalue weighted by atomic mass is 10.1. The Morgan fingerprint density at radius 2 is 1.67 bits per heavy atom. The molecule has 1 aromatic rings. The molecule has 2 amide bonds. The molecule has 0 saturated carbocycles. The quantitative estimate of drug-likeness (QED) is 0.834. The van der Waals surface area contributed by atoms with Gasteiger partial charge in [0, 0.05) is 45.1 Å². The lowest BCUT2D eigenvalue weighted by molar-refractivity contribution is -0.143. The number of amides is 2. The standard InChI is InChI=1S/C18H28N4O2/c1-13-11-15(20(3)4)12-14(2)16(13)19-17(23)18(24)22-8-6-7-21(5)9-10-22/h11-12H,6-10H2,1-5H3,(H,19,23). The van der Waals surface area contributed by atoms with Crippen molar-refractivity contribution in [3.05, 3.63) is 23.3 Å². The van der Waals surface area contributed by atoms with Crippen molar-refractivity contribution in [3.8, 4) is 0 Å². The maximum atomic E-state index is 12.4. The van der Waals surface area contributed by atoms with Gasteiger partial charge in [-0.1, -0.05) is 0 Å². The second kappa shape index (κ2) is 7.66. The fourth-order valence-electron chi connectivity index (χ4n) is 2.96. The topological polar surface area (TPSA) is 55.9 Å². The summed E-state index contributed by atoms with van der Waals surface area (Å²) in [6, 6.07) is 4.02. The third-order valence-electron chi connectivity index (χ3n) is 4.47. The van der Waals surface area contributed by atoms with E-state index in [0.29, 0.717) is 13.1 Å². The van der Waals surface area contributed by atoms with Crippen LogP contribution >= 0.6 is 0 Å². The van der Waals surface area contributed by atoms with Gasteiger partial charge in [0.25, 0.3) is 0 Å². The molecule has 0 unspecified atom stereocenters. The van der Waals surface area contributed by atoms with Gasteiger partial charge in [-0.2, -0.15) is 0 Å². The third-order valence-corrected chi connectivity index (χ3v) is 4.47. The van der Waals surface area contributed by atoms with E-state index >= 15 is 0 Å². The van der Waals surface area contributed by atoms with Crippen molar-refractivity contribution in [2.75, 3.05) is 57.5 Å². The van der Waals surface area contributed by atoms with E-state index in [1.54, 1.807) is 4.90 Å². The lowest BCUT2D eigenvalue weighted by Crippen LogP contribution is -2.41. The summed E-state index contributed by atoms with van der Waals surface area (Å²) in [6.45, 7) is 6.88. The number of rotatable bonds is 2. The Morgan fingerprint density at radius 1 is 1.04 bits per heavy atom. The van der Waals surface area contributed by atoms with Crippen LogP contribution in [0.5, 0.6) is 0 Å². The Balaban J connectivity index is 2.10. The lowest BCUT2D eigenvalue weighted by Gasteiger charge is -2.21. The highest BCUT2D eigenvalue weighted by molar-refractivity contribution is 6.39. The highest BCUT2D eigenvalue weighted by atomic mass is 16.2. The van der Waals surface area contributed by atoms with Gasteiger partial charge in [0.2, 0.25) is 0 Å². The Bertz CT molecular complexity index is 604. The van der Waals surface area contributed by atoms with Gasteiger partial charge in [-0.05, 0) is 57.1 Å². The summed E-state index contributed by atoms with van der Waals surface area (Å²) in [5, 5.41) is 2.81. The maximum Gasteiger partial charge on any atom is 0.313 e. The number of anilines is 2. The maximum absolute atomic E-state index is 12.4. The van der Waals surface area contributed by atoms with Gasteiger partial charge in [-0.15, -0.1) is 0 Å². The average molecular weight is 332 g/mol. The number of likely N-dealkylation sites (N-methyl/N-ethyl adjacent to an activating group) is 1. The molecule has 1 N–H and O–H groups in total. The minimum absolute atomic E-state index is 0.444. The first-order valence-electron chi connectivity index (χ1n) is 8.37. The van der Waals surface area contributed by atoms with Crippen LogP contribution in [-0.2, 0) is 9.59 Å². The zero-order valence-electron chi connectivity index (χ0n) is 15.3. The van der Waals surface area contributed by atoms with E-state index < -0.39 is 11.8 Å². The zero-order chi connectivity index (χ0) is 17.9. The molecule has 1 aromatic carbocycles. The van der Waals surface area contributed by atoms with Crippen LogP contribution in [-0.4, -0.2) is 68.9 Å². The molecule has 1 fully saturated rings. The van der Waals surface area contributed by atoms with Crippen LogP contribution in [0.1, 0.15) is 17.5 Å². The normalized spacial score (nSPS) is 15.8. The molecule has 0 radical (unpaired) electrons. The van der Waals surface area contributed by atoms with Gasteiger partial charge in [-0.25, -0.2) is 0 Å². The van der Waals surface area contributed by atoms with E-state index in [9.17, 15) is 9.59 Å². The summed E-state index contributed by atoms with van der Waals surface area (Å²) in [6.07, 6.45) is 0.894. The summed E-state index contributed by atoms with van der Waals surface area (Å²) in [5.74, 6) is -0.996. The molecule has 1 heterocycles. The second-order valence-electron chi connectivity index (χ2n) is 6.75. The zero-order valence-corrected chi connectivity index (χ0v) is 15.3. The minimum atomic E-state index is -0.552. The number of carbonyl (C=O) groups is 2. The van der Waals surface area contributed by atoms with Crippen molar-refractivity contribution in [1.82, 2.24) is 9.80 Å². The number of carbonyl (C=O) groups excluding carboxylic acids is 2. The van der Waals surface area contributed by atoms with E-state index in [1.807, 2.05) is 52.0 Å². The van der Waals surface area contributed by atoms with Crippen molar-refractivity contribution >= 4 is 23.2 Å². The van der Waals surface area contributed by atoms with Gasteiger partial charge in [0.1, 0.15) is 0 Å². The smallest absolute Gasteiger partial charge is 0.313 e. The average Bonchev–Trinajstić information content (AvgIpc) is 2.74. The van der Waals surface area contributed by atoms with Gasteiger partial charge in [0.15, 0.2) is 0 Å². The number of hydrogen-bond acceptors (Lipinski definition) is 4. The summed E-state index contributed by atoms with van der Waals surface area (Å²) in [4.78, 5) is 30.7. The molecule has 132 valence electrons. The van der Waals surface area contributed by atoms with Crippen LogP contribution in [0.3, 0.4) is 0 Å². The molecule has 0 aliphatic carbocycles. The van der Waals surface area contributed by atoms with Gasteiger partial charge < -0.3 is 20.0 Å². The van der Waals surface area contributed by atoms with E-state index in [4.69, 9.17) is 0 Å². The Hall–Kier alpha value is -2.08. The number of hydrogen-bond donors (Lipinski definition) is 1. The molecule has 1 saturated heterocycles. The monoisotopic (exact) mass is 332 g/mol. The van der Waals surface area contributed by atoms with E-state index in [0.717, 1.165) is 42.0 Å². The van der Waals surface area contributed by atoms with Crippen LogP contribution in [0.15, 0.2) is 12.1 Å². The number of aryl methyl sites for hydroxylation is 2. The van der Waals surface area contributed by atoms with Crippen molar-refractivity contribution < 1.29 is 9.59 Å². The Morgan fingerprint density at radius 3 is 2.25 bits per heavy atom.